The highest BCUT2D eigenvalue weighted by Crippen LogP contribution is 2.32. The van der Waals surface area contributed by atoms with Crippen molar-refractivity contribution in [3.63, 3.8) is 0 Å². The Balaban J connectivity index is 1.89. The number of para-hydroxylation sites is 1. The van der Waals surface area contributed by atoms with Crippen LogP contribution in [0.1, 0.15) is 0 Å². The summed E-state index contributed by atoms with van der Waals surface area (Å²) in [7, 11) is -3.77. The number of benzene rings is 3. The molecular weight excluding hydrogens is 374 g/mol. The van der Waals surface area contributed by atoms with Crippen LogP contribution in [0.2, 0.25) is 0 Å². The maximum atomic E-state index is 11.5. The van der Waals surface area contributed by atoms with E-state index >= 15 is 0 Å². The lowest BCUT2D eigenvalue weighted by molar-refractivity contribution is 0.477. The summed E-state index contributed by atoms with van der Waals surface area (Å²) in [5.74, 6) is 0.135. The maximum Gasteiger partial charge on any atom is 0.238 e. The summed E-state index contributed by atoms with van der Waals surface area (Å²) in [6, 6.07) is 24.8. The van der Waals surface area contributed by atoms with E-state index in [1.165, 1.54) is 12.1 Å². The minimum absolute atomic E-state index is 0.0330. The molecular formula is C21H17N3O3S. The van der Waals surface area contributed by atoms with Gasteiger partial charge in [0.05, 0.1) is 22.0 Å². The molecule has 1 heterocycles. The molecule has 6 nitrogen and oxygen atoms in total. The number of primary sulfonamides is 1. The fourth-order valence-corrected chi connectivity index (χ4v) is 3.51. The van der Waals surface area contributed by atoms with Gasteiger partial charge in [0.2, 0.25) is 10.0 Å². The molecule has 0 aliphatic carbocycles. The lowest BCUT2D eigenvalue weighted by Gasteiger charge is -2.08. The van der Waals surface area contributed by atoms with E-state index in [1.54, 1.807) is 35.0 Å². The molecule has 0 aliphatic heterocycles. The molecule has 0 bridgehead atoms. The number of hydrogen-bond acceptors (Lipinski definition) is 4. The average Bonchev–Trinajstić information content (AvgIpc) is 3.14. The highest BCUT2D eigenvalue weighted by molar-refractivity contribution is 7.89. The quantitative estimate of drug-likeness (QED) is 0.556. The molecule has 140 valence electrons. The smallest absolute Gasteiger partial charge is 0.238 e. The van der Waals surface area contributed by atoms with E-state index in [9.17, 15) is 13.5 Å². The molecule has 0 amide bonds. The van der Waals surface area contributed by atoms with Crippen LogP contribution in [0.3, 0.4) is 0 Å². The Kier molecular flexibility index (Phi) is 4.46. The van der Waals surface area contributed by atoms with E-state index in [1.807, 2.05) is 42.5 Å². The van der Waals surface area contributed by atoms with Crippen molar-refractivity contribution >= 4 is 10.0 Å². The third kappa shape index (κ3) is 3.40. The Bertz CT molecular complexity index is 1230. The highest BCUT2D eigenvalue weighted by atomic mass is 32.2. The molecule has 0 unspecified atom stereocenters. The zero-order valence-electron chi connectivity index (χ0n) is 14.7. The normalized spacial score (nSPS) is 11.5. The fourth-order valence-electron chi connectivity index (χ4n) is 2.99. The molecule has 0 saturated heterocycles. The lowest BCUT2D eigenvalue weighted by Crippen LogP contribution is -2.12. The minimum atomic E-state index is -3.77. The standard InChI is InChI=1S/C21H17N3O3S/c22-28(26,27)17-12-10-16(11-13-17)24-20(15-6-2-1-3-7-15)14-19(23-24)18-8-4-5-9-21(18)25/h1-14,25H,(H2,22,26,27). The van der Waals surface area contributed by atoms with Crippen molar-refractivity contribution in [3.8, 4) is 34.0 Å². The van der Waals surface area contributed by atoms with Crippen molar-refractivity contribution in [1.29, 1.82) is 0 Å². The first kappa shape index (κ1) is 18.0. The number of nitrogens with zero attached hydrogens (tertiary/aromatic N) is 2. The van der Waals surface area contributed by atoms with E-state index in [-0.39, 0.29) is 10.6 Å². The summed E-state index contributed by atoms with van der Waals surface area (Å²) < 4.78 is 24.8. The summed E-state index contributed by atoms with van der Waals surface area (Å²) in [6.45, 7) is 0. The molecule has 4 aromatic rings. The molecule has 0 saturated carbocycles. The van der Waals surface area contributed by atoms with Crippen LogP contribution in [0.4, 0.5) is 0 Å². The Hall–Kier alpha value is -3.42. The van der Waals surface area contributed by atoms with Gasteiger partial charge in [-0.15, -0.1) is 0 Å². The van der Waals surface area contributed by atoms with E-state index < -0.39 is 10.0 Å². The number of rotatable bonds is 4. The first-order chi connectivity index (χ1) is 13.4. The van der Waals surface area contributed by atoms with E-state index in [0.717, 1.165) is 11.3 Å². The van der Waals surface area contributed by atoms with Crippen LogP contribution < -0.4 is 5.14 Å². The van der Waals surface area contributed by atoms with Gasteiger partial charge in [0.1, 0.15) is 5.75 Å². The number of hydrogen-bond donors (Lipinski definition) is 2. The van der Waals surface area contributed by atoms with Crippen LogP contribution in [0, 0.1) is 0 Å². The van der Waals surface area contributed by atoms with E-state index in [0.29, 0.717) is 16.9 Å². The fraction of sp³-hybridized carbons (Fsp3) is 0. The summed E-state index contributed by atoms with van der Waals surface area (Å²) >= 11 is 0. The molecule has 4 rings (SSSR count). The van der Waals surface area contributed by atoms with Crippen molar-refractivity contribution in [1.82, 2.24) is 9.78 Å². The molecule has 28 heavy (non-hydrogen) atoms. The Morgan fingerprint density at radius 1 is 0.857 bits per heavy atom. The largest absolute Gasteiger partial charge is 0.507 e. The number of nitrogens with two attached hydrogens (primary N) is 1. The van der Waals surface area contributed by atoms with Crippen molar-refractivity contribution in [2.75, 3.05) is 0 Å². The Morgan fingerprint density at radius 2 is 1.50 bits per heavy atom. The molecule has 0 aliphatic rings. The molecule has 7 heteroatoms. The summed E-state index contributed by atoms with van der Waals surface area (Å²) in [5, 5.41) is 20.0. The van der Waals surface area contributed by atoms with Gasteiger partial charge in [-0.05, 0) is 42.5 Å². The topological polar surface area (TPSA) is 98.2 Å². The van der Waals surface area contributed by atoms with Crippen LogP contribution in [-0.4, -0.2) is 23.3 Å². The predicted molar refractivity (Wildman–Crippen MR) is 107 cm³/mol. The van der Waals surface area contributed by atoms with Crippen molar-refractivity contribution in [2.45, 2.75) is 4.90 Å². The van der Waals surface area contributed by atoms with Gasteiger partial charge in [-0.25, -0.2) is 18.2 Å². The Labute approximate surface area is 162 Å². The second-order valence-corrected chi connectivity index (χ2v) is 7.81. The number of sulfonamides is 1. The van der Waals surface area contributed by atoms with Crippen LogP contribution in [0.25, 0.3) is 28.2 Å². The third-order valence-corrected chi connectivity index (χ3v) is 5.30. The zero-order valence-corrected chi connectivity index (χ0v) is 15.5. The van der Waals surface area contributed by atoms with E-state index in [4.69, 9.17) is 5.14 Å². The number of phenols is 1. The van der Waals surface area contributed by atoms with Crippen LogP contribution in [0.5, 0.6) is 5.75 Å². The average molecular weight is 391 g/mol. The van der Waals surface area contributed by atoms with Gasteiger partial charge in [-0.1, -0.05) is 42.5 Å². The highest BCUT2D eigenvalue weighted by Gasteiger charge is 2.16. The van der Waals surface area contributed by atoms with Gasteiger partial charge in [0, 0.05) is 11.1 Å². The first-order valence-corrected chi connectivity index (χ1v) is 10.1. The molecule has 0 spiro atoms. The summed E-state index contributed by atoms with van der Waals surface area (Å²) in [4.78, 5) is 0.0330. The number of aromatic nitrogens is 2. The van der Waals surface area contributed by atoms with Crippen molar-refractivity contribution < 1.29 is 13.5 Å². The van der Waals surface area contributed by atoms with Gasteiger partial charge in [0.15, 0.2) is 0 Å². The predicted octanol–water partition coefficient (Wildman–Crippen LogP) is 3.56. The van der Waals surface area contributed by atoms with Crippen molar-refractivity contribution in [3.05, 3.63) is 84.9 Å². The van der Waals surface area contributed by atoms with Gasteiger partial charge < -0.3 is 5.11 Å². The van der Waals surface area contributed by atoms with Gasteiger partial charge >= 0.3 is 0 Å². The third-order valence-electron chi connectivity index (χ3n) is 4.37. The lowest BCUT2D eigenvalue weighted by atomic mass is 10.1. The van der Waals surface area contributed by atoms with Crippen molar-refractivity contribution in [2.24, 2.45) is 5.14 Å². The van der Waals surface area contributed by atoms with Gasteiger partial charge in [-0.3, -0.25) is 0 Å². The SMILES string of the molecule is NS(=O)(=O)c1ccc(-n2nc(-c3ccccc3O)cc2-c2ccccc2)cc1. The molecule has 0 atom stereocenters. The van der Waals surface area contributed by atoms with Crippen LogP contribution >= 0.6 is 0 Å². The maximum absolute atomic E-state index is 11.5. The molecule has 0 fully saturated rings. The first-order valence-electron chi connectivity index (χ1n) is 8.50. The van der Waals surface area contributed by atoms with Gasteiger partial charge in [-0.2, -0.15) is 5.10 Å². The second kappa shape index (κ2) is 6.95. The molecule has 3 aromatic carbocycles. The zero-order chi connectivity index (χ0) is 19.7. The minimum Gasteiger partial charge on any atom is -0.507 e. The number of phenolic OH excluding ortho intramolecular Hbond substituents is 1. The van der Waals surface area contributed by atoms with E-state index in [2.05, 4.69) is 5.10 Å². The molecule has 0 radical (unpaired) electrons. The Morgan fingerprint density at radius 3 is 2.14 bits per heavy atom. The molecule has 1 aromatic heterocycles. The van der Waals surface area contributed by atoms with Crippen LogP contribution in [-0.2, 0) is 10.0 Å². The van der Waals surface area contributed by atoms with Crippen LogP contribution in [0.15, 0.2) is 89.8 Å². The summed E-state index contributed by atoms with van der Waals surface area (Å²) in [5.41, 5.74) is 3.63. The molecule has 3 N–H and O–H groups in total. The second-order valence-electron chi connectivity index (χ2n) is 6.25. The monoisotopic (exact) mass is 391 g/mol. The van der Waals surface area contributed by atoms with Gasteiger partial charge in [0.25, 0.3) is 0 Å². The summed E-state index contributed by atoms with van der Waals surface area (Å²) in [6.07, 6.45) is 0. The number of aromatic hydroxyl groups is 1.